The zero-order valence-corrected chi connectivity index (χ0v) is 93.9. The number of carbonyl (C=O) groups is 7. The molecule has 0 aromatic carbocycles. The van der Waals surface area contributed by atoms with Gasteiger partial charge < -0.3 is 35.5 Å². The van der Waals surface area contributed by atoms with Crippen molar-refractivity contribution in [1.29, 1.82) is 0 Å². The average Bonchev–Trinajstić information content (AvgIpc) is 0.676. The number of aliphatic hydroxyl groups excluding tert-OH is 5. The van der Waals surface area contributed by atoms with E-state index in [-0.39, 0.29) is 209 Å². The van der Waals surface area contributed by atoms with Crippen LogP contribution in [0.4, 0.5) is 0 Å². The number of allylic oxidation sites excluding steroid dienone is 10. The Morgan fingerprint density at radius 1 is 0.355 bits per heavy atom. The van der Waals surface area contributed by atoms with Gasteiger partial charge in [-0.1, -0.05) is 246 Å². The molecule has 0 amide bonds. The Bertz CT molecular complexity index is 5210. The number of carbonyl (C=O) groups excluding carboxylic acids is 7. The van der Waals surface area contributed by atoms with Crippen molar-refractivity contribution in [1.82, 2.24) is 0 Å². The van der Waals surface area contributed by atoms with Crippen molar-refractivity contribution < 1.29 is 69.0 Å². The maximum absolute atomic E-state index is 14.4. The summed E-state index contributed by atoms with van der Waals surface area (Å²) in [5.41, 5.74) is 5.73. The first-order chi connectivity index (χ1) is 65.0. The number of ketones is 6. The summed E-state index contributed by atoms with van der Waals surface area (Å²) in [6.07, 6.45) is 50.7. The number of hydrogen-bond donors (Lipinski definition) is 6. The maximum atomic E-state index is 14.4. The highest BCUT2D eigenvalue weighted by atomic mass is 16.5. The van der Waals surface area contributed by atoms with Gasteiger partial charge >= 0.3 is 5.97 Å². The van der Waals surface area contributed by atoms with Crippen LogP contribution in [-0.4, -0.2) is 116 Å². The molecule has 0 spiro atoms. The standard InChI is InChI=1S/C33H50O5.C31H49NO3.C31H48O4.C31H48O2/c1-20(35)38-26-10-11-30(6)24(29(26,4)5)9-12-32(8)27(30)23(36)17-21-22-18-28(2,3)13-15-33(22,25(37)19-34)16-14-31(21,32)7;1-26(2)14-16-31(25(34)19-33)17-15-29(6)20(21(31)18-26)8-9-23-28(5)12-11-24(32-35)27(3,4)22(28)10-13-30(23,29)7;1-26(2)12-14-31(24(35)18-32)15-13-29(6)19(20(31)17-26)16-21(33)25-28(5)10-9-23(34)27(3,4)22(28)8-11-30(25,29)7;1-26(2)15-17-31(25(33)20-32)18-16-29(6)21(22(31)19-26)9-10-24-28(5)13-8-12-27(3,4)23(28)11-14-30(24,29)7/h17,22,24,26-27,34H,9-16,18-19H2,1-8H3;8,21-23,33,35H,9-19H2,1-7H3;16,20,22-23,25,32,34H,8-15,17-18H2,1-7H3;8-9,12,22-24,32H,10-11,13-20H2,1-7H3/b;32-24+;;/t22-,24-,26-,27+,30-,31+,32+,33-;21-,22-,23+,28-,29+,30+,31-;20-,22-,23-,25+,28-,29+,30+,31-;22-,23-,24+,28-,29+,30+,31-/m0000/s1. The number of oxime groups is 1. The van der Waals surface area contributed by atoms with E-state index >= 15 is 0 Å². The Labute approximate surface area is 852 Å². The monoisotopic (exact) mass is 1950 g/mol. The van der Waals surface area contributed by atoms with Crippen LogP contribution in [0.15, 0.2) is 63.9 Å². The number of ether oxygens (including phenoxy) is 1. The summed E-state index contributed by atoms with van der Waals surface area (Å²) in [5, 5.41) is 64.4. The van der Waals surface area contributed by atoms with Crippen LogP contribution >= 0.6 is 0 Å². The molecule has 0 aromatic rings. The van der Waals surface area contributed by atoms with E-state index in [0.717, 1.165) is 211 Å². The molecule has 788 valence electrons. The van der Waals surface area contributed by atoms with Crippen LogP contribution in [0.1, 0.15) is 438 Å². The first kappa shape index (κ1) is 108. The van der Waals surface area contributed by atoms with Crippen molar-refractivity contribution >= 4 is 46.4 Å². The molecule has 0 bridgehead atoms. The minimum absolute atomic E-state index is 0.0145. The highest BCUT2D eigenvalue weighted by molar-refractivity contribution is 5.98. The minimum atomic E-state index is -0.537. The molecule has 15 nitrogen and oxygen atoms in total. The fourth-order valence-electron chi connectivity index (χ4n) is 43.2. The van der Waals surface area contributed by atoms with Gasteiger partial charge in [0, 0.05) is 51.2 Å². The number of nitrogens with zero attached hydrogens (tertiary/aromatic N) is 1. The van der Waals surface area contributed by atoms with Gasteiger partial charge in [0.25, 0.3) is 0 Å². The van der Waals surface area contributed by atoms with Gasteiger partial charge in [0.05, 0.1) is 11.8 Å². The summed E-state index contributed by atoms with van der Waals surface area (Å²) in [6, 6.07) is 0. The van der Waals surface area contributed by atoms with Crippen LogP contribution in [-0.2, 0) is 38.3 Å². The van der Waals surface area contributed by atoms with E-state index in [4.69, 9.17) is 4.74 Å². The molecule has 6 N–H and O–H groups in total. The van der Waals surface area contributed by atoms with Crippen LogP contribution < -0.4 is 0 Å². The molecule has 15 saturated carbocycles. The molecule has 0 unspecified atom stereocenters. The van der Waals surface area contributed by atoms with Crippen LogP contribution in [0.3, 0.4) is 0 Å². The second-order valence-electron chi connectivity index (χ2n) is 61.3. The fraction of sp³-hybridized carbons (Fsp3) is 0.857. The molecule has 30 atom stereocenters. The molecule has 141 heavy (non-hydrogen) atoms. The highest BCUT2D eigenvalue weighted by Crippen LogP contribution is 2.83. The fourth-order valence-corrected chi connectivity index (χ4v) is 43.2. The molecular formula is C126H195NO14. The predicted molar refractivity (Wildman–Crippen MR) is 561 cm³/mol. The Morgan fingerprint density at radius 3 is 1.05 bits per heavy atom. The van der Waals surface area contributed by atoms with Crippen molar-refractivity contribution in [2.45, 2.75) is 451 Å². The smallest absolute Gasteiger partial charge is 0.302 e. The van der Waals surface area contributed by atoms with Crippen molar-refractivity contribution in [3.63, 3.8) is 0 Å². The third-order valence-corrected chi connectivity index (χ3v) is 52.2. The van der Waals surface area contributed by atoms with E-state index < -0.39 is 24.0 Å². The highest BCUT2D eigenvalue weighted by Gasteiger charge is 2.77. The SMILES string of the molecule is CC(=O)O[C@H]1CC[C@]2(C)[C@H]3C(=O)C=C4[C@@H]5CC(C)(C)CC[C@]5(C(=O)CO)CC[C@@]4(C)[C@]3(C)CC[C@H]2C1(C)C.CC1(C)CC[C@]2(C(=O)CO)CC[C@]3(C)C(=CC(=O)[C@@H]4[C@@]5(C)CC[C@H](O)C(C)(C)[C@@H]5CC[C@]43C)[C@@H]2C1.CC1(C)CC[C@]2(C(=O)CO)CC[C@]3(C)C(=CC[C@@H]4[C@@]5(C)CC/C(=N\O)C(C)(C)[C@@H]5CC[C@]43C)[C@@H]2C1.CC1(C)CC[C@]2(C(=O)CO)CC[C@]3(C)C(=CC[C@@H]4[C@@]5(C)CC=CC(C)(C)[C@@H]5CC[C@]43C)[C@@H]2C1. The lowest BCUT2D eigenvalue weighted by molar-refractivity contribution is -0.210. The van der Waals surface area contributed by atoms with Gasteiger partial charge in [0.15, 0.2) is 34.7 Å². The first-order valence-electron chi connectivity index (χ1n) is 57.3. The second-order valence-corrected chi connectivity index (χ2v) is 61.3. The second kappa shape index (κ2) is 34.5. The lowest BCUT2D eigenvalue weighted by atomic mass is 9.33. The minimum Gasteiger partial charge on any atom is -0.462 e. The molecule has 0 aliphatic heterocycles. The number of hydrogen-bond acceptors (Lipinski definition) is 15. The summed E-state index contributed by atoms with van der Waals surface area (Å²) in [6.45, 7) is 66.9. The summed E-state index contributed by atoms with van der Waals surface area (Å²) >= 11 is 0. The van der Waals surface area contributed by atoms with Gasteiger partial charge in [-0.05, 0) is 406 Å². The summed E-state index contributed by atoms with van der Waals surface area (Å²) in [4.78, 5) is 94.0. The van der Waals surface area contributed by atoms with E-state index in [1.54, 1.807) is 11.1 Å². The van der Waals surface area contributed by atoms with Crippen LogP contribution in [0.25, 0.3) is 0 Å². The predicted octanol–water partition coefficient (Wildman–Crippen LogP) is 27.0. The van der Waals surface area contributed by atoms with E-state index in [9.17, 15) is 64.3 Å². The number of fused-ring (bicyclic) bond motifs is 28. The molecule has 20 aliphatic rings. The normalized spacial score (nSPS) is 49.0. The Kier molecular flexibility index (Phi) is 26.4. The average molecular weight is 1950 g/mol. The van der Waals surface area contributed by atoms with Crippen LogP contribution in [0, 0.1) is 201 Å². The van der Waals surface area contributed by atoms with Crippen molar-refractivity contribution in [2.75, 3.05) is 26.4 Å². The van der Waals surface area contributed by atoms with E-state index in [1.165, 1.54) is 56.6 Å². The molecule has 15 fully saturated rings. The molecular weight excluding hydrogens is 1750 g/mol. The van der Waals surface area contributed by atoms with Gasteiger partial charge in [0.1, 0.15) is 32.5 Å². The number of rotatable bonds is 9. The van der Waals surface area contributed by atoms with Crippen LogP contribution in [0.5, 0.6) is 0 Å². The van der Waals surface area contributed by atoms with Crippen LogP contribution in [0.2, 0.25) is 0 Å². The van der Waals surface area contributed by atoms with Gasteiger partial charge in [0.2, 0.25) is 0 Å². The topological polar surface area (TPSA) is 262 Å². The third kappa shape index (κ3) is 15.1. The molecule has 0 radical (unpaired) electrons. The van der Waals surface area contributed by atoms with E-state index in [0.29, 0.717) is 40.9 Å². The molecule has 0 heterocycles. The zero-order valence-electron chi connectivity index (χ0n) is 93.9. The Hall–Kier alpha value is -4.54. The molecule has 0 aromatic heterocycles. The third-order valence-electron chi connectivity index (χ3n) is 52.2. The molecule has 0 saturated heterocycles. The van der Waals surface area contributed by atoms with E-state index in [1.807, 2.05) is 12.2 Å². The maximum Gasteiger partial charge on any atom is 0.302 e. The number of Topliss-reactive ketones (excluding diaryl/α,β-unsaturated/α-hetero) is 4. The van der Waals surface area contributed by atoms with Crippen molar-refractivity contribution in [3.8, 4) is 0 Å². The van der Waals surface area contributed by atoms with Gasteiger partial charge in [-0.25, -0.2) is 0 Å². The largest absolute Gasteiger partial charge is 0.462 e. The molecule has 20 rings (SSSR count). The van der Waals surface area contributed by atoms with E-state index in [2.05, 4.69) is 223 Å². The summed E-state index contributed by atoms with van der Waals surface area (Å²) in [7, 11) is 0. The van der Waals surface area contributed by atoms with Gasteiger partial charge in [-0.15, -0.1) is 0 Å². The van der Waals surface area contributed by atoms with Gasteiger partial charge in [-0.2, -0.15) is 0 Å². The number of aliphatic hydroxyl groups is 5. The summed E-state index contributed by atoms with van der Waals surface area (Å²) < 4.78 is 5.83. The number of esters is 1. The van der Waals surface area contributed by atoms with Crippen molar-refractivity contribution in [3.05, 3.63) is 58.7 Å². The van der Waals surface area contributed by atoms with Crippen molar-refractivity contribution in [2.24, 2.45) is 206 Å². The lowest BCUT2D eigenvalue weighted by Gasteiger charge is -2.71. The molecule has 15 heteroatoms. The summed E-state index contributed by atoms with van der Waals surface area (Å²) in [5.74, 6) is 4.14. The van der Waals surface area contributed by atoms with Gasteiger partial charge in [-0.3, -0.25) is 33.6 Å². The Morgan fingerprint density at radius 2 is 0.681 bits per heavy atom. The molecule has 20 aliphatic carbocycles. The quantitative estimate of drug-likeness (QED) is 0.0543. The Balaban J connectivity index is 0.000000130. The lowest BCUT2D eigenvalue weighted by Crippen LogP contribution is -2.67. The first-order valence-corrected chi connectivity index (χ1v) is 57.3. The zero-order chi connectivity index (χ0) is 104.